The monoisotopic (exact) mass is 871 g/mol. The summed E-state index contributed by atoms with van der Waals surface area (Å²) in [6.45, 7) is 5.07. The predicted molar refractivity (Wildman–Crippen MR) is 204 cm³/mol. The fraction of sp³-hybridized carbons (Fsp3) is 0.316. The molecule has 1 atom stereocenters. The summed E-state index contributed by atoms with van der Waals surface area (Å²) in [5.41, 5.74) is -6.90. The van der Waals surface area contributed by atoms with Crippen molar-refractivity contribution >= 4 is 51.9 Å². The van der Waals surface area contributed by atoms with E-state index < -0.39 is 108 Å². The molecule has 320 valence electrons. The number of anilines is 1. The van der Waals surface area contributed by atoms with Gasteiger partial charge in [0.25, 0.3) is 18.4 Å². The molecule has 0 radical (unpaired) electrons. The second-order valence-electron chi connectivity index (χ2n) is 14.1. The van der Waals surface area contributed by atoms with Gasteiger partial charge >= 0.3 is 6.18 Å². The molecule has 0 bridgehead atoms. The molecule has 7 N–H and O–H groups in total. The average Bonchev–Trinajstić information content (AvgIpc) is 3.56. The van der Waals surface area contributed by atoms with Crippen LogP contribution in [0, 0.1) is 34.8 Å². The van der Waals surface area contributed by atoms with Crippen LogP contribution in [0.4, 0.5) is 45.3 Å². The van der Waals surface area contributed by atoms with Gasteiger partial charge in [-0.2, -0.15) is 27.1 Å². The first-order valence-electron chi connectivity index (χ1n) is 17.5. The van der Waals surface area contributed by atoms with Gasteiger partial charge in [0, 0.05) is 34.9 Å². The molecule has 0 saturated heterocycles. The topological polar surface area (TPSA) is 185 Å². The van der Waals surface area contributed by atoms with E-state index >= 15 is 0 Å². The van der Waals surface area contributed by atoms with E-state index in [1.165, 1.54) is 45.0 Å². The minimum atomic E-state index is -5.34. The molecule has 1 amide bonds. The highest BCUT2D eigenvalue weighted by molar-refractivity contribution is 6.37. The summed E-state index contributed by atoms with van der Waals surface area (Å²) in [5, 5.41) is 44.7. The molecule has 0 aliphatic heterocycles. The lowest BCUT2D eigenvalue weighted by atomic mass is 9.93. The molecule has 5 rings (SSSR count). The van der Waals surface area contributed by atoms with Gasteiger partial charge in [0.2, 0.25) is 11.8 Å². The van der Waals surface area contributed by atoms with Gasteiger partial charge in [0.1, 0.15) is 29.5 Å². The number of hydrogen-bond donors (Lipinski definition) is 7. The van der Waals surface area contributed by atoms with Crippen LogP contribution in [-0.2, 0) is 22.5 Å². The second kappa shape index (κ2) is 17.0. The van der Waals surface area contributed by atoms with Gasteiger partial charge in [0.05, 0.1) is 39.9 Å². The molecular formula is C38H35ClF9N9O3. The highest BCUT2D eigenvalue weighted by atomic mass is 35.5. The number of aliphatic hydroxyl groups is 1. The third-order valence-corrected chi connectivity index (χ3v) is 9.21. The van der Waals surface area contributed by atoms with Crippen molar-refractivity contribution in [3.63, 3.8) is 0 Å². The minimum Gasteiger partial charge on any atom is -0.408 e. The first-order chi connectivity index (χ1) is 27.8. The molecule has 1 aliphatic rings. The van der Waals surface area contributed by atoms with Gasteiger partial charge in [-0.05, 0) is 62.6 Å². The number of carbonyl (C=O) groups excluding carboxylic acids is 1. The van der Waals surface area contributed by atoms with Crippen LogP contribution in [0.3, 0.4) is 0 Å². The van der Waals surface area contributed by atoms with E-state index in [0.29, 0.717) is 11.8 Å². The Morgan fingerprint density at radius 2 is 1.70 bits per heavy atom. The average molecular weight is 872 g/mol. The van der Waals surface area contributed by atoms with Crippen LogP contribution in [0.15, 0.2) is 65.9 Å². The first-order valence-corrected chi connectivity index (χ1v) is 17.9. The lowest BCUT2D eigenvalue weighted by Gasteiger charge is -2.24. The van der Waals surface area contributed by atoms with Crippen molar-refractivity contribution in [3.8, 4) is 11.1 Å². The smallest absolute Gasteiger partial charge is 0.408 e. The van der Waals surface area contributed by atoms with Crippen LogP contribution in [0.1, 0.15) is 43.3 Å². The molecule has 2 aromatic heterocycles. The standard InChI is InChI=1S/C38H35ClF9N9O3/c1-16-13-37(44,45)32(27(16)31(49)38(46,47)48)52-14-26(58)54-24(11-18-9-19(40)12-20(41)10-18)29-21(6-5-17(2)53-29)22-7-8-23(39)28-30(22)57(15-25(42)43)56-33(28)55-35(51)60-34(50)36(3,4)59/h5-10,12,24-25,49-50,52,59H,1,11,13-15H2,2-4H3,(H,54,58)(H2,51,55,56)/t24-/m0/s1. The van der Waals surface area contributed by atoms with Crippen molar-refractivity contribution < 1.29 is 54.2 Å². The lowest BCUT2D eigenvalue weighted by molar-refractivity contribution is -0.121. The van der Waals surface area contributed by atoms with E-state index in [9.17, 15) is 49.4 Å². The summed E-state index contributed by atoms with van der Waals surface area (Å²) < 4.78 is 133. The third-order valence-electron chi connectivity index (χ3n) is 8.89. The maximum Gasteiger partial charge on any atom is 0.433 e. The van der Waals surface area contributed by atoms with E-state index in [2.05, 4.69) is 27.3 Å². The maximum atomic E-state index is 15.0. The van der Waals surface area contributed by atoms with Gasteiger partial charge in [-0.25, -0.2) is 17.6 Å². The number of nitrogens with zero attached hydrogens (tertiary/aromatic N) is 3. The summed E-state index contributed by atoms with van der Waals surface area (Å²) in [4.78, 5) is 18.1. The number of alkyl halides is 7. The molecule has 0 fully saturated rings. The number of benzene rings is 2. The van der Waals surface area contributed by atoms with E-state index in [-0.39, 0.29) is 44.1 Å². The molecule has 1 aliphatic carbocycles. The molecule has 4 aromatic rings. The zero-order valence-corrected chi connectivity index (χ0v) is 32.4. The highest BCUT2D eigenvalue weighted by Crippen LogP contribution is 2.44. The van der Waals surface area contributed by atoms with Gasteiger partial charge in [0.15, 0.2) is 5.82 Å². The number of aryl methyl sites for hydroxylation is 1. The normalized spacial score (nSPS) is 14.8. The van der Waals surface area contributed by atoms with Crippen LogP contribution < -0.4 is 16.0 Å². The number of rotatable bonds is 13. The second-order valence-corrected chi connectivity index (χ2v) is 14.5. The fourth-order valence-electron chi connectivity index (χ4n) is 6.34. The number of nitrogens with one attached hydrogen (secondary N) is 6. The van der Waals surface area contributed by atoms with Crippen LogP contribution in [-0.4, -0.2) is 74.1 Å². The van der Waals surface area contributed by atoms with E-state index in [0.717, 1.165) is 16.8 Å². The van der Waals surface area contributed by atoms with E-state index in [1.54, 1.807) is 0 Å². The highest BCUT2D eigenvalue weighted by Gasteiger charge is 2.50. The van der Waals surface area contributed by atoms with Gasteiger partial charge in [-0.3, -0.25) is 36.0 Å². The number of halogens is 10. The Morgan fingerprint density at radius 3 is 2.30 bits per heavy atom. The molecule has 0 unspecified atom stereocenters. The summed E-state index contributed by atoms with van der Waals surface area (Å²) in [6.07, 6.45) is -10.0. The Morgan fingerprint density at radius 1 is 1.07 bits per heavy atom. The number of amides is 1. The summed E-state index contributed by atoms with van der Waals surface area (Å²) in [5.74, 6) is -8.16. The molecular weight excluding hydrogens is 837 g/mol. The number of hydrogen-bond acceptors (Lipinski definition) is 9. The molecule has 0 spiro atoms. The van der Waals surface area contributed by atoms with E-state index in [1.807, 2.05) is 5.32 Å². The van der Waals surface area contributed by atoms with Crippen molar-refractivity contribution in [2.24, 2.45) is 0 Å². The Balaban J connectivity index is 1.63. The van der Waals surface area contributed by atoms with Crippen LogP contribution >= 0.6 is 11.6 Å². The Labute approximate surface area is 340 Å². The Kier molecular flexibility index (Phi) is 12.8. The summed E-state index contributed by atoms with van der Waals surface area (Å²) >= 11 is 6.58. The fourth-order valence-corrected chi connectivity index (χ4v) is 6.58. The van der Waals surface area contributed by atoms with Gasteiger partial charge in [-0.1, -0.05) is 30.3 Å². The van der Waals surface area contributed by atoms with Crippen molar-refractivity contribution in [1.82, 2.24) is 25.4 Å². The zero-order chi connectivity index (χ0) is 44.6. The summed E-state index contributed by atoms with van der Waals surface area (Å²) in [6, 6.07) is 5.88. The number of amidine groups is 1. The Bertz CT molecular complexity index is 2420. The SMILES string of the molecule is C=C1CC(F)(F)C(NCC(=O)N[C@@H](Cc2cc(F)cc(F)c2)c2nc(C)ccc2-c2ccc(Cl)c3c(NC(=N)OC(=N)C(C)(C)O)nn(CC(F)F)c23)=C1C(=N)C(F)(F)F. The molecule has 2 aromatic carbocycles. The largest absolute Gasteiger partial charge is 0.433 e. The number of ether oxygens (including phenoxy) is 1. The lowest BCUT2D eigenvalue weighted by Crippen LogP contribution is -2.40. The third kappa shape index (κ3) is 10.1. The number of carbonyl (C=O) groups is 1. The predicted octanol–water partition coefficient (Wildman–Crippen LogP) is 8.14. The van der Waals surface area contributed by atoms with Crippen LogP contribution in [0.5, 0.6) is 0 Å². The molecule has 2 heterocycles. The summed E-state index contributed by atoms with van der Waals surface area (Å²) in [7, 11) is 0. The van der Waals surface area contributed by atoms with Crippen molar-refractivity contribution in [3.05, 3.63) is 99.5 Å². The Hall–Kier alpha value is -5.96. The van der Waals surface area contributed by atoms with Gasteiger partial charge < -0.3 is 20.5 Å². The number of allylic oxidation sites excluding steroid dienone is 3. The van der Waals surface area contributed by atoms with E-state index in [4.69, 9.17) is 32.6 Å². The van der Waals surface area contributed by atoms with Crippen molar-refractivity contribution in [2.45, 2.75) is 70.3 Å². The maximum absolute atomic E-state index is 15.0. The molecule has 0 saturated carbocycles. The minimum absolute atomic E-state index is 0.0472. The number of aromatic nitrogens is 3. The zero-order valence-electron chi connectivity index (χ0n) is 31.6. The molecule has 60 heavy (non-hydrogen) atoms. The van der Waals surface area contributed by atoms with Crippen LogP contribution in [0.2, 0.25) is 5.02 Å². The van der Waals surface area contributed by atoms with Crippen LogP contribution in [0.25, 0.3) is 22.0 Å². The number of pyridine rings is 1. The quantitative estimate of drug-likeness (QED) is 0.0402. The first kappa shape index (κ1) is 45.1. The van der Waals surface area contributed by atoms with Gasteiger partial charge in [-0.15, -0.1) is 0 Å². The number of fused-ring (bicyclic) bond motifs is 1. The van der Waals surface area contributed by atoms with Crippen molar-refractivity contribution in [1.29, 1.82) is 16.2 Å². The molecule has 22 heteroatoms. The van der Waals surface area contributed by atoms with Crippen molar-refractivity contribution in [2.75, 3.05) is 11.9 Å². The molecule has 12 nitrogen and oxygen atoms in total.